The molecule has 1 aliphatic heterocycles. The van der Waals surface area contributed by atoms with Gasteiger partial charge in [-0.15, -0.1) is 0 Å². The maximum atomic E-state index is 11.2. The number of hydrogen-bond donors (Lipinski definition) is 0. The monoisotopic (exact) mass is 243 g/mol. The average Bonchev–Trinajstić information content (AvgIpc) is 2.36. The molecule has 1 heterocycles. The molecule has 0 N–H and O–H groups in total. The summed E-state index contributed by atoms with van der Waals surface area (Å²) in [6, 6.07) is 0.246. The SMILES string of the molecule is CCCOC1CCCN(C(C)CC(=O)OC)C1. The second-order valence-electron chi connectivity index (χ2n) is 4.76. The molecule has 0 aromatic heterocycles. The smallest absolute Gasteiger partial charge is 0.307 e. The van der Waals surface area contributed by atoms with Gasteiger partial charge in [0.15, 0.2) is 0 Å². The lowest BCUT2D eigenvalue weighted by Gasteiger charge is -2.36. The molecule has 0 aromatic rings. The summed E-state index contributed by atoms with van der Waals surface area (Å²) >= 11 is 0. The molecule has 0 spiro atoms. The van der Waals surface area contributed by atoms with E-state index in [0.29, 0.717) is 12.5 Å². The fourth-order valence-electron chi connectivity index (χ4n) is 2.24. The highest BCUT2D eigenvalue weighted by Gasteiger charge is 2.25. The van der Waals surface area contributed by atoms with Crippen LogP contribution in [0, 0.1) is 0 Å². The standard InChI is InChI=1S/C13H25NO3/c1-4-8-17-12-6-5-7-14(10-12)11(2)9-13(15)16-3/h11-12H,4-10H2,1-3H3. The van der Waals surface area contributed by atoms with Gasteiger partial charge in [0.05, 0.1) is 19.6 Å². The number of rotatable bonds is 6. The minimum atomic E-state index is -0.130. The zero-order valence-electron chi connectivity index (χ0n) is 11.3. The molecule has 4 heteroatoms. The van der Waals surface area contributed by atoms with E-state index < -0.39 is 0 Å². The lowest BCUT2D eigenvalue weighted by Crippen LogP contribution is -2.45. The van der Waals surface area contributed by atoms with Crippen LogP contribution in [-0.4, -0.2) is 49.8 Å². The molecule has 0 saturated carbocycles. The van der Waals surface area contributed by atoms with Crippen molar-refractivity contribution >= 4 is 5.97 Å². The number of nitrogens with zero attached hydrogens (tertiary/aromatic N) is 1. The van der Waals surface area contributed by atoms with Gasteiger partial charge in [-0.1, -0.05) is 6.92 Å². The van der Waals surface area contributed by atoms with Crippen LogP contribution in [-0.2, 0) is 14.3 Å². The summed E-state index contributed by atoms with van der Waals surface area (Å²) in [4.78, 5) is 13.6. The summed E-state index contributed by atoms with van der Waals surface area (Å²) in [6.45, 7) is 7.05. The molecular weight excluding hydrogens is 218 g/mol. The zero-order valence-corrected chi connectivity index (χ0v) is 11.3. The Labute approximate surface area is 104 Å². The van der Waals surface area contributed by atoms with E-state index in [1.807, 2.05) is 0 Å². The second kappa shape index (κ2) is 7.67. The Bertz CT molecular complexity index is 233. The van der Waals surface area contributed by atoms with Crippen molar-refractivity contribution in [3.8, 4) is 0 Å². The Balaban J connectivity index is 2.34. The third-order valence-corrected chi connectivity index (χ3v) is 3.28. The van der Waals surface area contributed by atoms with Crippen molar-refractivity contribution in [3.63, 3.8) is 0 Å². The fourth-order valence-corrected chi connectivity index (χ4v) is 2.24. The molecule has 1 saturated heterocycles. The van der Waals surface area contributed by atoms with E-state index in [2.05, 4.69) is 18.7 Å². The molecule has 17 heavy (non-hydrogen) atoms. The predicted octanol–water partition coefficient (Wildman–Crippen LogP) is 1.83. The largest absolute Gasteiger partial charge is 0.469 e. The Morgan fingerprint density at radius 1 is 1.53 bits per heavy atom. The van der Waals surface area contributed by atoms with Crippen LogP contribution in [0.5, 0.6) is 0 Å². The van der Waals surface area contributed by atoms with E-state index in [4.69, 9.17) is 9.47 Å². The van der Waals surface area contributed by atoms with Crippen molar-refractivity contribution in [1.82, 2.24) is 4.90 Å². The molecule has 0 aliphatic carbocycles. The lowest BCUT2D eigenvalue weighted by atomic mass is 10.0. The highest BCUT2D eigenvalue weighted by atomic mass is 16.5. The first-order valence-electron chi connectivity index (χ1n) is 6.59. The van der Waals surface area contributed by atoms with Gasteiger partial charge in [0, 0.05) is 19.2 Å². The number of piperidine rings is 1. The minimum Gasteiger partial charge on any atom is -0.469 e. The maximum absolute atomic E-state index is 11.2. The van der Waals surface area contributed by atoms with Crippen molar-refractivity contribution in [2.75, 3.05) is 26.8 Å². The first-order chi connectivity index (χ1) is 8.17. The van der Waals surface area contributed by atoms with Crippen molar-refractivity contribution < 1.29 is 14.3 Å². The fraction of sp³-hybridized carbons (Fsp3) is 0.923. The number of hydrogen-bond acceptors (Lipinski definition) is 4. The van der Waals surface area contributed by atoms with Crippen LogP contribution >= 0.6 is 0 Å². The van der Waals surface area contributed by atoms with Crippen LogP contribution in [0.1, 0.15) is 39.5 Å². The van der Waals surface area contributed by atoms with Gasteiger partial charge < -0.3 is 9.47 Å². The molecule has 0 radical (unpaired) electrons. The first-order valence-corrected chi connectivity index (χ1v) is 6.59. The van der Waals surface area contributed by atoms with Gasteiger partial charge in [-0.3, -0.25) is 9.69 Å². The summed E-state index contributed by atoms with van der Waals surface area (Å²) in [5.74, 6) is -0.130. The summed E-state index contributed by atoms with van der Waals surface area (Å²) in [6.07, 6.45) is 4.16. The van der Waals surface area contributed by atoms with E-state index in [1.54, 1.807) is 0 Å². The van der Waals surface area contributed by atoms with Gasteiger partial charge in [0.2, 0.25) is 0 Å². The third kappa shape index (κ3) is 5.04. The number of esters is 1. The Morgan fingerprint density at radius 3 is 2.94 bits per heavy atom. The summed E-state index contributed by atoms with van der Waals surface area (Å²) in [5, 5.41) is 0. The van der Waals surface area contributed by atoms with Crippen LogP contribution in [0.4, 0.5) is 0 Å². The van der Waals surface area contributed by atoms with E-state index in [-0.39, 0.29) is 12.0 Å². The molecule has 0 amide bonds. The van der Waals surface area contributed by atoms with E-state index in [9.17, 15) is 4.79 Å². The van der Waals surface area contributed by atoms with Crippen LogP contribution in [0.2, 0.25) is 0 Å². The molecule has 4 nitrogen and oxygen atoms in total. The van der Waals surface area contributed by atoms with Gasteiger partial charge in [0.25, 0.3) is 0 Å². The van der Waals surface area contributed by atoms with Gasteiger partial charge in [-0.25, -0.2) is 0 Å². The van der Waals surface area contributed by atoms with Crippen LogP contribution in [0.25, 0.3) is 0 Å². The molecule has 100 valence electrons. The number of ether oxygens (including phenoxy) is 2. The van der Waals surface area contributed by atoms with Gasteiger partial charge in [-0.2, -0.15) is 0 Å². The van der Waals surface area contributed by atoms with Crippen molar-refractivity contribution in [2.24, 2.45) is 0 Å². The minimum absolute atomic E-state index is 0.130. The highest BCUT2D eigenvalue weighted by molar-refractivity contribution is 5.69. The third-order valence-electron chi connectivity index (χ3n) is 3.28. The van der Waals surface area contributed by atoms with Crippen molar-refractivity contribution in [1.29, 1.82) is 0 Å². The molecular formula is C13H25NO3. The Hall–Kier alpha value is -0.610. The highest BCUT2D eigenvalue weighted by Crippen LogP contribution is 2.17. The first kappa shape index (κ1) is 14.5. The average molecular weight is 243 g/mol. The molecule has 0 aromatic carbocycles. The second-order valence-corrected chi connectivity index (χ2v) is 4.76. The lowest BCUT2D eigenvalue weighted by molar-refractivity contribution is -0.142. The van der Waals surface area contributed by atoms with Gasteiger partial charge >= 0.3 is 5.97 Å². The predicted molar refractivity (Wildman–Crippen MR) is 66.9 cm³/mol. The van der Waals surface area contributed by atoms with Gasteiger partial charge in [0.1, 0.15) is 0 Å². The number of carbonyl (C=O) groups excluding carboxylic acids is 1. The maximum Gasteiger partial charge on any atom is 0.307 e. The summed E-state index contributed by atoms with van der Waals surface area (Å²) in [5.41, 5.74) is 0. The van der Waals surface area contributed by atoms with E-state index in [1.165, 1.54) is 7.11 Å². The van der Waals surface area contributed by atoms with Crippen LogP contribution in [0.15, 0.2) is 0 Å². The summed E-state index contributed by atoms with van der Waals surface area (Å²) < 4.78 is 10.5. The molecule has 1 fully saturated rings. The van der Waals surface area contributed by atoms with Crippen LogP contribution in [0.3, 0.4) is 0 Å². The number of carbonyl (C=O) groups is 1. The van der Waals surface area contributed by atoms with Crippen molar-refractivity contribution in [3.05, 3.63) is 0 Å². The zero-order chi connectivity index (χ0) is 12.7. The quantitative estimate of drug-likeness (QED) is 0.667. The van der Waals surface area contributed by atoms with Crippen molar-refractivity contribution in [2.45, 2.75) is 51.7 Å². The topological polar surface area (TPSA) is 38.8 Å². The Kier molecular flexibility index (Phi) is 6.52. The normalized spacial score (nSPS) is 23.4. The molecule has 1 aliphatic rings. The number of likely N-dealkylation sites (tertiary alicyclic amines) is 1. The van der Waals surface area contributed by atoms with E-state index >= 15 is 0 Å². The van der Waals surface area contributed by atoms with Crippen LogP contribution < -0.4 is 0 Å². The number of methoxy groups -OCH3 is 1. The summed E-state index contributed by atoms with van der Waals surface area (Å²) in [7, 11) is 1.44. The Morgan fingerprint density at radius 2 is 2.29 bits per heavy atom. The molecule has 2 atom stereocenters. The van der Waals surface area contributed by atoms with E-state index in [0.717, 1.165) is 39.0 Å². The molecule has 0 bridgehead atoms. The molecule has 1 rings (SSSR count). The van der Waals surface area contributed by atoms with Gasteiger partial charge in [-0.05, 0) is 32.7 Å². The molecule has 2 unspecified atom stereocenters.